The monoisotopic (exact) mass is 404 g/mol. The van der Waals surface area contributed by atoms with E-state index in [1.165, 1.54) is 22.3 Å². The quantitative estimate of drug-likeness (QED) is 0.518. The van der Waals surface area contributed by atoms with Crippen LogP contribution in [0.25, 0.3) is 0 Å². The summed E-state index contributed by atoms with van der Waals surface area (Å²) in [7, 11) is 1.71. The van der Waals surface area contributed by atoms with Gasteiger partial charge in [0, 0.05) is 6.54 Å². The van der Waals surface area contributed by atoms with Crippen molar-refractivity contribution in [3.05, 3.63) is 101 Å². The number of benzene rings is 3. The number of rotatable bonds is 8. The van der Waals surface area contributed by atoms with Crippen molar-refractivity contribution in [3.8, 4) is 5.75 Å². The first kappa shape index (κ1) is 20.9. The molecule has 0 heterocycles. The van der Waals surface area contributed by atoms with Gasteiger partial charge in [0.25, 0.3) is 0 Å². The summed E-state index contributed by atoms with van der Waals surface area (Å²) in [6.07, 6.45) is 1.72. The molecule has 4 heteroatoms. The summed E-state index contributed by atoms with van der Waals surface area (Å²) in [5.74, 6) is 0.919. The number of thiocarbonyl (C=S) groups is 1. The van der Waals surface area contributed by atoms with Crippen molar-refractivity contribution in [2.45, 2.75) is 25.8 Å². The number of ether oxygens (including phenoxy) is 1. The normalized spacial score (nSPS) is 11.5. The lowest BCUT2D eigenvalue weighted by Crippen LogP contribution is -2.39. The van der Waals surface area contributed by atoms with Gasteiger partial charge in [-0.2, -0.15) is 0 Å². The van der Waals surface area contributed by atoms with E-state index < -0.39 is 0 Å². The smallest absolute Gasteiger partial charge is 0.166 e. The molecule has 0 aliphatic heterocycles. The molecule has 29 heavy (non-hydrogen) atoms. The Bertz CT molecular complexity index is 913. The second-order valence-corrected chi connectivity index (χ2v) is 7.53. The van der Waals surface area contributed by atoms with Crippen LogP contribution < -0.4 is 15.4 Å². The maximum Gasteiger partial charge on any atom is 0.166 e. The molecule has 0 spiro atoms. The maximum absolute atomic E-state index is 5.60. The molecule has 0 fully saturated rings. The van der Waals surface area contributed by atoms with Gasteiger partial charge in [0.15, 0.2) is 5.11 Å². The summed E-state index contributed by atoms with van der Waals surface area (Å²) < 4.78 is 5.47. The van der Waals surface area contributed by atoms with Crippen molar-refractivity contribution in [1.29, 1.82) is 0 Å². The third-order valence-corrected chi connectivity index (χ3v) is 5.17. The van der Waals surface area contributed by atoms with Crippen molar-refractivity contribution < 1.29 is 4.74 Å². The SMILES string of the molecule is COc1ccc(C)cc1CCNC(=S)NC(Cc1ccccc1)c1ccccc1. The van der Waals surface area contributed by atoms with Gasteiger partial charge < -0.3 is 15.4 Å². The van der Waals surface area contributed by atoms with Crippen LogP contribution in [-0.4, -0.2) is 18.8 Å². The van der Waals surface area contributed by atoms with Crippen LogP contribution in [-0.2, 0) is 12.8 Å². The van der Waals surface area contributed by atoms with E-state index in [0.29, 0.717) is 5.11 Å². The topological polar surface area (TPSA) is 33.3 Å². The highest BCUT2D eigenvalue weighted by Crippen LogP contribution is 2.20. The molecular weight excluding hydrogens is 376 g/mol. The van der Waals surface area contributed by atoms with Crippen molar-refractivity contribution >= 4 is 17.3 Å². The second-order valence-electron chi connectivity index (χ2n) is 7.12. The molecule has 0 radical (unpaired) electrons. The summed E-state index contributed by atoms with van der Waals surface area (Å²) in [5.41, 5.74) is 4.92. The van der Waals surface area contributed by atoms with Crippen LogP contribution in [0.1, 0.15) is 28.3 Å². The minimum Gasteiger partial charge on any atom is -0.496 e. The summed E-state index contributed by atoms with van der Waals surface area (Å²) in [5, 5.41) is 7.52. The Labute approximate surface area is 179 Å². The van der Waals surface area contributed by atoms with Gasteiger partial charge in [-0.15, -0.1) is 0 Å². The molecule has 0 saturated carbocycles. The second kappa shape index (κ2) is 10.6. The number of hydrogen-bond donors (Lipinski definition) is 2. The molecule has 3 aromatic carbocycles. The molecule has 2 N–H and O–H groups in total. The average molecular weight is 405 g/mol. The lowest BCUT2D eigenvalue weighted by molar-refractivity contribution is 0.409. The van der Waals surface area contributed by atoms with Crippen LogP contribution in [0.5, 0.6) is 5.75 Å². The van der Waals surface area contributed by atoms with Crippen LogP contribution in [0, 0.1) is 6.92 Å². The fourth-order valence-corrected chi connectivity index (χ4v) is 3.65. The van der Waals surface area contributed by atoms with Gasteiger partial charge in [0.05, 0.1) is 13.2 Å². The van der Waals surface area contributed by atoms with E-state index in [4.69, 9.17) is 17.0 Å². The van der Waals surface area contributed by atoms with Gasteiger partial charge in [0.2, 0.25) is 0 Å². The van der Waals surface area contributed by atoms with Crippen molar-refractivity contribution in [3.63, 3.8) is 0 Å². The van der Waals surface area contributed by atoms with E-state index in [2.05, 4.69) is 78.2 Å². The van der Waals surface area contributed by atoms with E-state index in [1.807, 2.05) is 18.2 Å². The van der Waals surface area contributed by atoms with E-state index in [-0.39, 0.29) is 6.04 Å². The van der Waals surface area contributed by atoms with Crippen molar-refractivity contribution in [1.82, 2.24) is 10.6 Å². The molecule has 3 nitrogen and oxygen atoms in total. The molecule has 1 unspecified atom stereocenters. The Morgan fingerprint density at radius 1 is 0.966 bits per heavy atom. The van der Waals surface area contributed by atoms with Crippen molar-refractivity contribution in [2.24, 2.45) is 0 Å². The Hall–Kier alpha value is -2.85. The molecule has 0 bridgehead atoms. The Balaban J connectivity index is 1.60. The molecule has 1 atom stereocenters. The number of nitrogens with one attached hydrogen (secondary N) is 2. The fraction of sp³-hybridized carbons (Fsp3) is 0.240. The van der Waals surface area contributed by atoms with E-state index in [9.17, 15) is 0 Å². The fourth-order valence-electron chi connectivity index (χ4n) is 3.41. The zero-order valence-corrected chi connectivity index (χ0v) is 17.8. The van der Waals surface area contributed by atoms with Crippen LogP contribution in [0.4, 0.5) is 0 Å². The maximum atomic E-state index is 5.60. The first-order chi connectivity index (χ1) is 14.2. The highest BCUT2D eigenvalue weighted by atomic mass is 32.1. The molecule has 3 aromatic rings. The van der Waals surface area contributed by atoms with Gasteiger partial charge in [-0.25, -0.2) is 0 Å². The highest BCUT2D eigenvalue weighted by molar-refractivity contribution is 7.80. The minimum absolute atomic E-state index is 0.118. The lowest BCUT2D eigenvalue weighted by Gasteiger charge is -2.22. The van der Waals surface area contributed by atoms with Gasteiger partial charge in [-0.05, 0) is 54.7 Å². The van der Waals surface area contributed by atoms with Crippen LogP contribution in [0.2, 0.25) is 0 Å². The Morgan fingerprint density at radius 2 is 1.66 bits per heavy atom. The third-order valence-electron chi connectivity index (χ3n) is 4.91. The van der Waals surface area contributed by atoms with Gasteiger partial charge >= 0.3 is 0 Å². The number of aryl methyl sites for hydroxylation is 1. The Kier molecular flexibility index (Phi) is 7.65. The molecule has 3 rings (SSSR count). The molecule has 0 aliphatic carbocycles. The summed E-state index contributed by atoms with van der Waals surface area (Å²) in [6.45, 7) is 2.84. The first-order valence-corrected chi connectivity index (χ1v) is 10.3. The number of hydrogen-bond acceptors (Lipinski definition) is 2. The summed E-state index contributed by atoms with van der Waals surface area (Å²) >= 11 is 5.60. The highest BCUT2D eigenvalue weighted by Gasteiger charge is 2.13. The zero-order chi connectivity index (χ0) is 20.5. The predicted molar refractivity (Wildman–Crippen MR) is 125 cm³/mol. The molecule has 0 aromatic heterocycles. The first-order valence-electron chi connectivity index (χ1n) is 9.92. The molecule has 0 aliphatic rings. The largest absolute Gasteiger partial charge is 0.496 e. The molecule has 0 saturated heterocycles. The summed E-state index contributed by atoms with van der Waals surface area (Å²) in [4.78, 5) is 0. The lowest BCUT2D eigenvalue weighted by atomic mass is 9.99. The van der Waals surface area contributed by atoms with E-state index >= 15 is 0 Å². The van der Waals surface area contributed by atoms with Gasteiger partial charge in [-0.3, -0.25) is 0 Å². The van der Waals surface area contributed by atoms with Crippen LogP contribution in [0.3, 0.4) is 0 Å². The standard InChI is InChI=1S/C25H28N2OS/c1-19-13-14-24(28-2)22(17-19)15-16-26-25(29)27-23(21-11-7-4-8-12-21)18-20-9-5-3-6-10-20/h3-14,17,23H,15-16,18H2,1-2H3,(H2,26,27,29). The summed E-state index contributed by atoms with van der Waals surface area (Å²) in [6, 6.07) is 27.3. The van der Waals surface area contributed by atoms with Crippen LogP contribution >= 0.6 is 12.2 Å². The average Bonchev–Trinajstić information content (AvgIpc) is 2.75. The van der Waals surface area contributed by atoms with E-state index in [0.717, 1.165) is 25.1 Å². The van der Waals surface area contributed by atoms with Crippen LogP contribution in [0.15, 0.2) is 78.9 Å². The minimum atomic E-state index is 0.118. The van der Waals surface area contributed by atoms with Crippen molar-refractivity contribution in [2.75, 3.05) is 13.7 Å². The molecular formula is C25H28N2OS. The molecule has 0 amide bonds. The molecule has 150 valence electrons. The number of methoxy groups -OCH3 is 1. The van der Waals surface area contributed by atoms with Gasteiger partial charge in [-0.1, -0.05) is 78.4 Å². The zero-order valence-electron chi connectivity index (χ0n) is 17.0. The third kappa shape index (κ3) is 6.33. The Morgan fingerprint density at radius 3 is 2.34 bits per heavy atom. The van der Waals surface area contributed by atoms with Gasteiger partial charge in [0.1, 0.15) is 5.75 Å². The predicted octanol–water partition coefficient (Wildman–Crippen LogP) is 4.99. The van der Waals surface area contributed by atoms with E-state index in [1.54, 1.807) is 7.11 Å².